The van der Waals surface area contributed by atoms with Crippen molar-refractivity contribution < 1.29 is 27.4 Å². The van der Waals surface area contributed by atoms with E-state index in [1.54, 1.807) is 6.92 Å². The maximum atomic E-state index is 12.2. The second-order valence-corrected chi connectivity index (χ2v) is 4.62. The monoisotopic (exact) mass is 253 g/mol. The molecule has 1 rings (SSSR count). The van der Waals surface area contributed by atoms with Crippen molar-refractivity contribution in [3.8, 4) is 0 Å². The molecule has 0 spiro atoms. The minimum absolute atomic E-state index is 0.193. The number of rotatable bonds is 5. The van der Waals surface area contributed by atoms with Gasteiger partial charge in [-0.15, -0.1) is 0 Å². The number of ether oxygens (including phenoxy) is 1. The Morgan fingerprint density at radius 2 is 1.94 bits per heavy atom. The van der Waals surface area contributed by atoms with Gasteiger partial charge in [0, 0.05) is 6.42 Å². The summed E-state index contributed by atoms with van der Waals surface area (Å²) >= 11 is 0. The van der Waals surface area contributed by atoms with Crippen molar-refractivity contribution in [1.82, 2.24) is 0 Å². The average molecular weight is 253 g/mol. The normalized spacial score (nSPS) is 25.6. The van der Waals surface area contributed by atoms with E-state index in [-0.39, 0.29) is 11.9 Å². The van der Waals surface area contributed by atoms with Gasteiger partial charge in [0.15, 0.2) is 0 Å². The largest absolute Gasteiger partial charge is 0.531 e. The maximum absolute atomic E-state index is 12.2. The molecule has 17 heavy (non-hydrogen) atoms. The van der Waals surface area contributed by atoms with E-state index in [4.69, 9.17) is 4.74 Å². The van der Waals surface area contributed by atoms with Crippen LogP contribution in [0.15, 0.2) is 0 Å². The summed E-state index contributed by atoms with van der Waals surface area (Å²) in [4.78, 5) is 11.8. The quantitative estimate of drug-likeness (QED) is 0.575. The van der Waals surface area contributed by atoms with E-state index >= 15 is 0 Å². The highest BCUT2D eigenvalue weighted by Crippen LogP contribution is 2.15. The van der Waals surface area contributed by atoms with Gasteiger partial charge in [-0.1, -0.05) is 0 Å². The third kappa shape index (κ3) is 5.95. The summed E-state index contributed by atoms with van der Waals surface area (Å²) in [5, 5.41) is 0. The van der Waals surface area contributed by atoms with Gasteiger partial charge in [0.05, 0.1) is 26.1 Å². The van der Waals surface area contributed by atoms with Crippen molar-refractivity contribution in [3.05, 3.63) is 0 Å². The Kier molecular flexibility index (Phi) is 5.30. The fourth-order valence-corrected chi connectivity index (χ4v) is 2.28. The van der Waals surface area contributed by atoms with Crippen molar-refractivity contribution in [2.45, 2.75) is 26.2 Å². The molecule has 1 heterocycles. The third-order valence-electron chi connectivity index (χ3n) is 3.09. The lowest BCUT2D eigenvalue weighted by Gasteiger charge is -2.31. The number of nitrogens with one attached hydrogen (secondary N) is 1. The zero-order valence-corrected chi connectivity index (χ0v) is 10.1. The number of hydrogen-bond donors (Lipinski definition) is 1. The van der Waals surface area contributed by atoms with E-state index < -0.39 is 13.4 Å². The van der Waals surface area contributed by atoms with E-state index in [1.807, 2.05) is 0 Å². The fraction of sp³-hybridized carbons (Fsp3) is 0.900. The molecule has 0 atom stereocenters. The standard InChI is InChI=1S/C10H18BF3NO2/c1-2-17-10(16)7-9-3-5-15(6-4-9)8-11(12,13)14/h9H,2-8H2,1H3/q-1/p+1. The number of likely N-dealkylation sites (tertiary alicyclic amines) is 1. The Labute approximate surface area is 99.4 Å². The number of piperidine rings is 1. The molecule has 0 bridgehead atoms. The van der Waals surface area contributed by atoms with Gasteiger partial charge in [-0.2, -0.15) is 0 Å². The Bertz CT molecular complexity index is 252. The lowest BCUT2D eigenvalue weighted by atomic mass is 9.87. The Morgan fingerprint density at radius 1 is 1.35 bits per heavy atom. The van der Waals surface area contributed by atoms with Crippen molar-refractivity contribution in [2.24, 2.45) is 5.92 Å². The first-order valence-corrected chi connectivity index (χ1v) is 6.11. The molecule has 0 unspecified atom stereocenters. The van der Waals surface area contributed by atoms with Crippen LogP contribution in [0.25, 0.3) is 0 Å². The highest BCUT2D eigenvalue weighted by Gasteiger charge is 2.33. The summed E-state index contributed by atoms with van der Waals surface area (Å²) in [5.41, 5.74) is 0. The molecule has 0 aromatic carbocycles. The van der Waals surface area contributed by atoms with Gasteiger partial charge in [-0.3, -0.25) is 4.79 Å². The summed E-state index contributed by atoms with van der Waals surface area (Å²) in [5.74, 6) is -0.0421. The van der Waals surface area contributed by atoms with Gasteiger partial charge in [-0.25, -0.2) is 0 Å². The highest BCUT2D eigenvalue weighted by atomic mass is 19.4. The summed E-state index contributed by atoms with van der Waals surface area (Å²) < 4.78 is 41.5. The lowest BCUT2D eigenvalue weighted by molar-refractivity contribution is -0.897. The Morgan fingerprint density at radius 3 is 2.41 bits per heavy atom. The highest BCUT2D eigenvalue weighted by molar-refractivity contribution is 6.58. The molecule has 1 aliphatic heterocycles. The molecule has 0 radical (unpaired) electrons. The summed E-state index contributed by atoms with van der Waals surface area (Å²) in [7, 11) is 0. The number of carbonyl (C=O) groups is 1. The SMILES string of the molecule is CCOC(=O)CC1CC[NH+](C[B-](F)(F)F)CC1. The second kappa shape index (κ2) is 6.28. The van der Waals surface area contributed by atoms with E-state index in [0.29, 0.717) is 43.9 Å². The van der Waals surface area contributed by atoms with Gasteiger partial charge >= 0.3 is 12.9 Å². The molecule has 1 fully saturated rings. The molecular weight excluding hydrogens is 234 g/mol. The van der Waals surface area contributed by atoms with Gasteiger partial charge in [0.1, 0.15) is 0 Å². The van der Waals surface area contributed by atoms with E-state index in [1.165, 1.54) is 0 Å². The van der Waals surface area contributed by atoms with Crippen molar-refractivity contribution in [3.63, 3.8) is 0 Å². The van der Waals surface area contributed by atoms with E-state index in [2.05, 4.69) is 0 Å². The van der Waals surface area contributed by atoms with Crippen LogP contribution in [0.2, 0.25) is 0 Å². The number of carbonyl (C=O) groups excluding carboxylic acids is 1. The smallest absolute Gasteiger partial charge is 0.466 e. The van der Waals surface area contributed by atoms with Crippen LogP contribution in [0, 0.1) is 5.92 Å². The average Bonchev–Trinajstić information content (AvgIpc) is 2.19. The summed E-state index contributed by atoms with van der Waals surface area (Å²) in [6, 6.07) is 0. The predicted octanol–water partition coefficient (Wildman–Crippen LogP) is 0.621. The number of esters is 1. The third-order valence-corrected chi connectivity index (χ3v) is 3.09. The first kappa shape index (κ1) is 14.3. The number of quaternary nitrogens is 1. The van der Waals surface area contributed by atoms with E-state index in [0.717, 1.165) is 0 Å². The van der Waals surface area contributed by atoms with Crippen molar-refractivity contribution in [1.29, 1.82) is 0 Å². The van der Waals surface area contributed by atoms with Crippen molar-refractivity contribution in [2.75, 3.05) is 26.1 Å². The molecule has 1 saturated heterocycles. The van der Waals surface area contributed by atoms with Crippen LogP contribution >= 0.6 is 0 Å². The minimum Gasteiger partial charge on any atom is -0.466 e. The zero-order valence-electron chi connectivity index (χ0n) is 10.1. The minimum atomic E-state index is -4.70. The van der Waals surface area contributed by atoms with Crippen LogP contribution < -0.4 is 4.90 Å². The van der Waals surface area contributed by atoms with Crippen molar-refractivity contribution >= 4 is 12.9 Å². The molecule has 0 saturated carbocycles. The molecule has 0 amide bonds. The van der Waals surface area contributed by atoms with Crippen LogP contribution in [-0.2, 0) is 9.53 Å². The fourth-order valence-electron chi connectivity index (χ4n) is 2.28. The van der Waals surface area contributed by atoms with Gasteiger partial charge in [0.2, 0.25) is 0 Å². The molecular formula is C10H19BF3NO2. The van der Waals surface area contributed by atoms with E-state index in [9.17, 15) is 17.7 Å². The second-order valence-electron chi connectivity index (χ2n) is 4.62. The maximum Gasteiger partial charge on any atom is 0.531 e. The predicted molar refractivity (Wildman–Crippen MR) is 58.6 cm³/mol. The van der Waals surface area contributed by atoms with Gasteiger partial charge in [0.25, 0.3) is 0 Å². The summed E-state index contributed by atoms with van der Waals surface area (Å²) in [6.07, 6.45) is 1.00. The number of hydrogen-bond acceptors (Lipinski definition) is 2. The molecule has 7 heteroatoms. The molecule has 1 N–H and O–H groups in total. The molecule has 3 nitrogen and oxygen atoms in total. The summed E-state index contributed by atoms with van der Waals surface area (Å²) in [6.45, 7) is -1.58. The van der Waals surface area contributed by atoms with Gasteiger partial charge < -0.3 is 22.6 Å². The zero-order chi connectivity index (χ0) is 12.9. The number of halogens is 3. The molecule has 0 aliphatic carbocycles. The van der Waals surface area contributed by atoms with Gasteiger partial charge in [-0.05, 0) is 25.7 Å². The van der Waals surface area contributed by atoms with Crippen LogP contribution in [-0.4, -0.2) is 39.1 Å². The topological polar surface area (TPSA) is 30.7 Å². The Hall–Kier alpha value is -0.715. The molecule has 1 aliphatic rings. The van der Waals surface area contributed by atoms with Crippen LogP contribution in [0.3, 0.4) is 0 Å². The lowest BCUT2D eigenvalue weighted by Crippen LogP contribution is -3.15. The molecule has 0 aromatic heterocycles. The molecule has 0 aromatic rings. The van der Waals surface area contributed by atoms with Crippen LogP contribution in [0.4, 0.5) is 12.9 Å². The first-order chi connectivity index (χ1) is 7.90. The Balaban J connectivity index is 2.24. The van der Waals surface area contributed by atoms with Crippen LogP contribution in [0.5, 0.6) is 0 Å². The first-order valence-electron chi connectivity index (χ1n) is 6.11. The van der Waals surface area contributed by atoms with Crippen LogP contribution in [0.1, 0.15) is 26.2 Å². The molecule has 100 valence electrons.